The molecule has 40 heavy (non-hydrogen) atoms. The summed E-state index contributed by atoms with van der Waals surface area (Å²) in [6.45, 7) is 0.939. The van der Waals surface area contributed by atoms with E-state index in [-0.39, 0.29) is 29.1 Å². The number of nitrogens with zero attached hydrogens (tertiary/aromatic N) is 2. The van der Waals surface area contributed by atoms with E-state index in [4.69, 9.17) is 34.8 Å². The normalized spacial score (nSPS) is 14.5. The van der Waals surface area contributed by atoms with E-state index in [9.17, 15) is 18.0 Å². The zero-order valence-electron chi connectivity index (χ0n) is 21.9. The number of halogens is 3. The van der Waals surface area contributed by atoms with Gasteiger partial charge in [0.05, 0.1) is 10.6 Å². The molecule has 0 spiro atoms. The third-order valence-corrected chi connectivity index (χ3v) is 9.70. The Labute approximate surface area is 250 Å². The number of sulfonamides is 1. The number of hydrogen-bond donors (Lipinski definition) is 1. The van der Waals surface area contributed by atoms with Gasteiger partial charge in [-0.1, -0.05) is 78.0 Å². The summed E-state index contributed by atoms with van der Waals surface area (Å²) in [5.74, 6) is -0.937. The molecule has 2 amide bonds. The van der Waals surface area contributed by atoms with Crippen molar-refractivity contribution in [2.45, 2.75) is 56.1 Å². The topological polar surface area (TPSA) is 86.8 Å². The van der Waals surface area contributed by atoms with Crippen molar-refractivity contribution in [1.82, 2.24) is 10.2 Å². The van der Waals surface area contributed by atoms with Crippen molar-refractivity contribution in [2.75, 3.05) is 10.8 Å². The van der Waals surface area contributed by atoms with E-state index in [1.807, 2.05) is 0 Å². The van der Waals surface area contributed by atoms with Gasteiger partial charge in [0.25, 0.3) is 10.0 Å². The maximum Gasteiger partial charge on any atom is 0.264 e. The molecule has 1 atom stereocenters. The van der Waals surface area contributed by atoms with Crippen molar-refractivity contribution < 1.29 is 18.0 Å². The highest BCUT2D eigenvalue weighted by Crippen LogP contribution is 2.29. The first-order chi connectivity index (χ1) is 19.1. The van der Waals surface area contributed by atoms with Crippen molar-refractivity contribution >= 4 is 62.3 Å². The summed E-state index contributed by atoms with van der Waals surface area (Å²) >= 11 is 19.1. The van der Waals surface area contributed by atoms with Gasteiger partial charge < -0.3 is 10.2 Å². The smallest absolute Gasteiger partial charge is 0.264 e. The minimum absolute atomic E-state index is 0.00972. The number of anilines is 1. The van der Waals surface area contributed by atoms with Crippen LogP contribution in [0.15, 0.2) is 77.7 Å². The van der Waals surface area contributed by atoms with Crippen LogP contribution in [-0.2, 0) is 26.2 Å². The molecule has 4 rings (SSSR count). The van der Waals surface area contributed by atoms with Gasteiger partial charge in [0.15, 0.2) is 0 Å². The highest BCUT2D eigenvalue weighted by atomic mass is 35.5. The standard InChI is InChI=1S/C29H30Cl3N3O4S/c1-20(29(37)33-22-10-5-6-11-22)34(18-25-26(31)15-8-16-27(25)32)28(36)19-35(23-12-7-9-21(30)17-23)40(38,39)24-13-3-2-4-14-24/h2-4,7-9,12-17,20,22H,5-6,10-11,18-19H2,1H3,(H,33,37)/t20-/m0/s1. The number of benzene rings is 3. The van der Waals surface area contributed by atoms with E-state index in [1.165, 1.54) is 23.1 Å². The summed E-state index contributed by atoms with van der Waals surface area (Å²) in [5.41, 5.74) is 0.670. The van der Waals surface area contributed by atoms with Gasteiger partial charge >= 0.3 is 0 Å². The van der Waals surface area contributed by atoms with Crippen LogP contribution in [0, 0.1) is 0 Å². The molecule has 0 heterocycles. The van der Waals surface area contributed by atoms with Crippen LogP contribution in [0.4, 0.5) is 5.69 Å². The Kier molecular flexibility index (Phi) is 10.0. The van der Waals surface area contributed by atoms with Crippen LogP contribution >= 0.6 is 34.8 Å². The molecular formula is C29H30Cl3N3O4S. The molecule has 0 bridgehead atoms. The molecular weight excluding hydrogens is 593 g/mol. The minimum atomic E-state index is -4.18. The summed E-state index contributed by atoms with van der Waals surface area (Å²) in [4.78, 5) is 28.6. The average Bonchev–Trinajstić information content (AvgIpc) is 3.44. The first-order valence-corrected chi connectivity index (χ1v) is 15.5. The van der Waals surface area contributed by atoms with Crippen molar-refractivity contribution in [3.05, 3.63) is 93.4 Å². The van der Waals surface area contributed by atoms with Gasteiger partial charge in [0.1, 0.15) is 12.6 Å². The Morgan fingerprint density at radius 3 is 2.17 bits per heavy atom. The fourth-order valence-electron chi connectivity index (χ4n) is 4.71. The Hall–Kier alpha value is -2.78. The molecule has 1 N–H and O–H groups in total. The maximum absolute atomic E-state index is 14.0. The number of carbonyl (C=O) groups excluding carboxylic acids is 2. The lowest BCUT2D eigenvalue weighted by Crippen LogP contribution is -2.52. The Morgan fingerprint density at radius 2 is 1.55 bits per heavy atom. The minimum Gasteiger partial charge on any atom is -0.352 e. The summed E-state index contributed by atoms with van der Waals surface area (Å²) in [7, 11) is -4.18. The lowest BCUT2D eigenvalue weighted by atomic mass is 10.1. The summed E-state index contributed by atoms with van der Waals surface area (Å²) in [6, 6.07) is 18.2. The average molecular weight is 623 g/mol. The molecule has 0 unspecified atom stereocenters. The van der Waals surface area contributed by atoms with Crippen LogP contribution in [0.2, 0.25) is 15.1 Å². The third kappa shape index (κ3) is 7.10. The monoisotopic (exact) mass is 621 g/mol. The molecule has 0 aromatic heterocycles. The van der Waals surface area contributed by atoms with Crippen molar-refractivity contribution in [3.8, 4) is 0 Å². The molecule has 3 aromatic carbocycles. The van der Waals surface area contributed by atoms with Crippen molar-refractivity contribution in [1.29, 1.82) is 0 Å². The van der Waals surface area contributed by atoms with E-state index >= 15 is 0 Å². The largest absolute Gasteiger partial charge is 0.352 e. The highest BCUT2D eigenvalue weighted by Gasteiger charge is 2.34. The fourth-order valence-corrected chi connectivity index (χ4v) is 6.84. The molecule has 0 saturated heterocycles. The predicted molar refractivity (Wildman–Crippen MR) is 159 cm³/mol. The van der Waals surface area contributed by atoms with E-state index in [0.717, 1.165) is 30.0 Å². The lowest BCUT2D eigenvalue weighted by molar-refractivity contribution is -0.139. The van der Waals surface area contributed by atoms with Gasteiger partial charge in [-0.05, 0) is 62.2 Å². The molecule has 1 fully saturated rings. The lowest BCUT2D eigenvalue weighted by Gasteiger charge is -2.33. The number of nitrogens with one attached hydrogen (secondary N) is 1. The second-order valence-electron chi connectivity index (χ2n) is 9.69. The van der Waals surface area contributed by atoms with Crippen LogP contribution in [0.1, 0.15) is 38.2 Å². The molecule has 0 radical (unpaired) electrons. The van der Waals surface area contributed by atoms with Gasteiger partial charge in [0, 0.05) is 33.2 Å². The zero-order chi connectivity index (χ0) is 28.9. The second kappa shape index (κ2) is 13.3. The fraction of sp³-hybridized carbons (Fsp3) is 0.310. The molecule has 1 aliphatic carbocycles. The van der Waals surface area contributed by atoms with Gasteiger partial charge in [-0.15, -0.1) is 0 Å². The van der Waals surface area contributed by atoms with Gasteiger partial charge in [-0.25, -0.2) is 8.42 Å². The van der Waals surface area contributed by atoms with E-state index in [1.54, 1.807) is 61.5 Å². The summed E-state index contributed by atoms with van der Waals surface area (Å²) in [5, 5.41) is 4.00. The van der Waals surface area contributed by atoms with Crippen LogP contribution in [0.5, 0.6) is 0 Å². The number of amides is 2. The van der Waals surface area contributed by atoms with Crippen LogP contribution in [0.3, 0.4) is 0 Å². The van der Waals surface area contributed by atoms with Crippen LogP contribution in [-0.4, -0.2) is 43.8 Å². The van der Waals surface area contributed by atoms with Gasteiger partial charge in [-0.2, -0.15) is 0 Å². The van der Waals surface area contributed by atoms with E-state index in [2.05, 4.69) is 5.32 Å². The van der Waals surface area contributed by atoms with Crippen LogP contribution < -0.4 is 9.62 Å². The van der Waals surface area contributed by atoms with Crippen molar-refractivity contribution in [3.63, 3.8) is 0 Å². The molecule has 1 aliphatic rings. The zero-order valence-corrected chi connectivity index (χ0v) is 25.0. The number of rotatable bonds is 10. The SMILES string of the molecule is C[C@@H](C(=O)NC1CCCC1)N(Cc1c(Cl)cccc1Cl)C(=O)CN(c1cccc(Cl)c1)S(=O)(=O)c1ccccc1. The molecule has 1 saturated carbocycles. The molecule has 0 aliphatic heterocycles. The highest BCUT2D eigenvalue weighted by molar-refractivity contribution is 7.92. The first kappa shape index (κ1) is 30.2. The van der Waals surface area contributed by atoms with E-state index in [0.29, 0.717) is 20.6 Å². The van der Waals surface area contributed by atoms with Gasteiger partial charge in [-0.3, -0.25) is 13.9 Å². The van der Waals surface area contributed by atoms with Crippen LogP contribution in [0.25, 0.3) is 0 Å². The Balaban J connectivity index is 1.71. The summed E-state index contributed by atoms with van der Waals surface area (Å²) in [6.07, 6.45) is 3.81. The quantitative estimate of drug-likeness (QED) is 0.287. The van der Waals surface area contributed by atoms with E-state index < -0.39 is 28.5 Å². The summed E-state index contributed by atoms with van der Waals surface area (Å²) < 4.78 is 28.6. The molecule has 3 aromatic rings. The van der Waals surface area contributed by atoms with Crippen molar-refractivity contribution in [2.24, 2.45) is 0 Å². The number of hydrogen-bond acceptors (Lipinski definition) is 4. The number of carbonyl (C=O) groups is 2. The molecule has 212 valence electrons. The molecule has 11 heteroatoms. The predicted octanol–water partition coefficient (Wildman–Crippen LogP) is 6.32. The second-order valence-corrected chi connectivity index (χ2v) is 12.8. The molecule has 7 nitrogen and oxygen atoms in total. The third-order valence-electron chi connectivity index (χ3n) is 6.97. The Bertz CT molecular complexity index is 1440. The maximum atomic E-state index is 14.0. The Morgan fingerprint density at radius 1 is 0.925 bits per heavy atom. The first-order valence-electron chi connectivity index (χ1n) is 12.9. The van der Waals surface area contributed by atoms with Gasteiger partial charge in [0.2, 0.25) is 11.8 Å².